The summed E-state index contributed by atoms with van der Waals surface area (Å²) in [5.41, 5.74) is 1.41. The highest BCUT2D eigenvalue weighted by molar-refractivity contribution is 5.95. The standard InChI is InChI=1S/C11H12O3/c1-7-5-4-6-8-9(7)10(12)14-11(2,3)13-8/h4-6H,1-3H3. The summed E-state index contributed by atoms with van der Waals surface area (Å²) in [5.74, 6) is -0.571. The highest BCUT2D eigenvalue weighted by atomic mass is 16.7. The van der Waals surface area contributed by atoms with Gasteiger partial charge in [-0.15, -0.1) is 0 Å². The van der Waals surface area contributed by atoms with Crippen molar-refractivity contribution in [2.24, 2.45) is 0 Å². The summed E-state index contributed by atoms with van der Waals surface area (Å²) in [7, 11) is 0. The molecule has 0 aromatic heterocycles. The van der Waals surface area contributed by atoms with Crippen LogP contribution in [-0.4, -0.2) is 11.8 Å². The molecule has 74 valence electrons. The molecule has 0 spiro atoms. The van der Waals surface area contributed by atoms with Crippen molar-refractivity contribution in [1.82, 2.24) is 0 Å². The van der Waals surface area contributed by atoms with E-state index in [0.29, 0.717) is 11.3 Å². The van der Waals surface area contributed by atoms with E-state index in [2.05, 4.69) is 0 Å². The normalized spacial score (nSPS) is 18.1. The Labute approximate surface area is 82.6 Å². The Bertz CT molecular complexity index is 394. The number of carbonyl (C=O) groups is 1. The third-order valence-electron chi connectivity index (χ3n) is 2.13. The van der Waals surface area contributed by atoms with Crippen LogP contribution >= 0.6 is 0 Å². The molecule has 0 unspecified atom stereocenters. The fraction of sp³-hybridized carbons (Fsp3) is 0.364. The molecule has 0 fully saturated rings. The van der Waals surface area contributed by atoms with Gasteiger partial charge in [0.2, 0.25) is 5.79 Å². The highest BCUT2D eigenvalue weighted by Gasteiger charge is 2.34. The third kappa shape index (κ3) is 1.35. The lowest BCUT2D eigenvalue weighted by Crippen LogP contribution is -2.39. The van der Waals surface area contributed by atoms with Gasteiger partial charge in [-0.2, -0.15) is 0 Å². The Morgan fingerprint density at radius 3 is 2.64 bits per heavy atom. The maximum absolute atomic E-state index is 11.6. The predicted molar refractivity (Wildman–Crippen MR) is 51.3 cm³/mol. The molecule has 0 N–H and O–H groups in total. The number of carbonyl (C=O) groups excluding carboxylic acids is 1. The minimum atomic E-state index is -0.863. The number of benzene rings is 1. The van der Waals surface area contributed by atoms with Crippen molar-refractivity contribution in [2.75, 3.05) is 0 Å². The Morgan fingerprint density at radius 2 is 1.93 bits per heavy atom. The van der Waals surface area contributed by atoms with E-state index in [9.17, 15) is 4.79 Å². The molecule has 0 aliphatic carbocycles. The van der Waals surface area contributed by atoms with Crippen LogP contribution in [0.25, 0.3) is 0 Å². The van der Waals surface area contributed by atoms with Crippen molar-refractivity contribution < 1.29 is 14.3 Å². The topological polar surface area (TPSA) is 35.5 Å². The highest BCUT2D eigenvalue weighted by Crippen LogP contribution is 2.32. The molecule has 1 heterocycles. The van der Waals surface area contributed by atoms with E-state index in [1.807, 2.05) is 19.1 Å². The Hall–Kier alpha value is -1.51. The predicted octanol–water partition coefficient (Wildman–Crippen LogP) is 2.28. The SMILES string of the molecule is Cc1cccc2c1C(=O)OC(C)(C)O2. The minimum Gasteiger partial charge on any atom is -0.452 e. The number of ether oxygens (including phenoxy) is 2. The molecule has 3 nitrogen and oxygen atoms in total. The van der Waals surface area contributed by atoms with Gasteiger partial charge in [-0.3, -0.25) is 0 Å². The lowest BCUT2D eigenvalue weighted by atomic mass is 10.1. The van der Waals surface area contributed by atoms with Gasteiger partial charge in [0.15, 0.2) is 0 Å². The van der Waals surface area contributed by atoms with Crippen molar-refractivity contribution in [1.29, 1.82) is 0 Å². The number of fused-ring (bicyclic) bond motifs is 1. The van der Waals surface area contributed by atoms with Crippen LogP contribution in [0.4, 0.5) is 0 Å². The molecular weight excluding hydrogens is 180 g/mol. The molecule has 1 aliphatic heterocycles. The molecule has 1 aliphatic rings. The first kappa shape index (κ1) is 9.06. The molecule has 2 rings (SSSR count). The maximum Gasteiger partial charge on any atom is 0.345 e. The quantitative estimate of drug-likeness (QED) is 0.591. The van der Waals surface area contributed by atoms with Gasteiger partial charge in [-0.05, 0) is 18.6 Å². The van der Waals surface area contributed by atoms with E-state index in [4.69, 9.17) is 9.47 Å². The zero-order valence-corrected chi connectivity index (χ0v) is 8.46. The average Bonchev–Trinajstić information content (AvgIpc) is 2.00. The molecule has 1 aromatic rings. The second-order valence-electron chi connectivity index (χ2n) is 3.84. The van der Waals surface area contributed by atoms with Crippen LogP contribution < -0.4 is 4.74 Å². The van der Waals surface area contributed by atoms with Gasteiger partial charge in [0.05, 0.1) is 0 Å². The van der Waals surface area contributed by atoms with Crippen LogP contribution in [0.5, 0.6) is 5.75 Å². The first-order valence-corrected chi connectivity index (χ1v) is 4.51. The van der Waals surface area contributed by atoms with E-state index < -0.39 is 5.79 Å². The molecular formula is C11H12O3. The fourth-order valence-electron chi connectivity index (χ4n) is 1.55. The van der Waals surface area contributed by atoms with Gasteiger partial charge in [-0.1, -0.05) is 12.1 Å². The second kappa shape index (κ2) is 2.74. The van der Waals surface area contributed by atoms with Gasteiger partial charge in [0, 0.05) is 13.8 Å². The molecule has 0 saturated carbocycles. The maximum atomic E-state index is 11.6. The van der Waals surface area contributed by atoms with Crippen LogP contribution in [0.2, 0.25) is 0 Å². The number of rotatable bonds is 0. The van der Waals surface area contributed by atoms with Crippen LogP contribution in [0.1, 0.15) is 29.8 Å². The second-order valence-corrected chi connectivity index (χ2v) is 3.84. The first-order chi connectivity index (χ1) is 6.49. The van der Waals surface area contributed by atoms with Crippen LogP contribution in [0.15, 0.2) is 18.2 Å². The third-order valence-corrected chi connectivity index (χ3v) is 2.13. The van der Waals surface area contributed by atoms with Crippen LogP contribution in [-0.2, 0) is 4.74 Å². The zero-order chi connectivity index (χ0) is 10.3. The molecule has 0 amide bonds. The smallest absolute Gasteiger partial charge is 0.345 e. The minimum absolute atomic E-state index is 0.311. The van der Waals surface area contributed by atoms with E-state index >= 15 is 0 Å². The number of esters is 1. The molecule has 14 heavy (non-hydrogen) atoms. The van der Waals surface area contributed by atoms with Gasteiger partial charge < -0.3 is 9.47 Å². The molecule has 0 atom stereocenters. The van der Waals surface area contributed by atoms with Gasteiger partial charge >= 0.3 is 5.97 Å². The summed E-state index contributed by atoms with van der Waals surface area (Å²) in [4.78, 5) is 11.6. The fourth-order valence-corrected chi connectivity index (χ4v) is 1.55. The monoisotopic (exact) mass is 192 g/mol. The van der Waals surface area contributed by atoms with Crippen LogP contribution in [0.3, 0.4) is 0 Å². The lowest BCUT2D eigenvalue weighted by molar-refractivity contribution is -0.127. The molecule has 0 bridgehead atoms. The summed E-state index contributed by atoms with van der Waals surface area (Å²) >= 11 is 0. The van der Waals surface area contributed by atoms with E-state index in [1.165, 1.54) is 0 Å². The summed E-state index contributed by atoms with van der Waals surface area (Å²) < 4.78 is 10.6. The number of hydrogen-bond donors (Lipinski definition) is 0. The van der Waals surface area contributed by atoms with Gasteiger partial charge in [0.1, 0.15) is 11.3 Å². The van der Waals surface area contributed by atoms with Crippen molar-refractivity contribution in [3.05, 3.63) is 29.3 Å². The summed E-state index contributed by atoms with van der Waals surface area (Å²) in [6, 6.07) is 5.51. The lowest BCUT2D eigenvalue weighted by Gasteiger charge is -2.32. The molecule has 0 radical (unpaired) electrons. The summed E-state index contributed by atoms with van der Waals surface area (Å²) in [6.45, 7) is 5.30. The van der Waals surface area contributed by atoms with E-state index in [1.54, 1.807) is 19.9 Å². The summed E-state index contributed by atoms with van der Waals surface area (Å²) in [6.07, 6.45) is 0. The Morgan fingerprint density at radius 1 is 1.21 bits per heavy atom. The number of hydrogen-bond acceptors (Lipinski definition) is 3. The van der Waals surface area contributed by atoms with Crippen molar-refractivity contribution in [3.63, 3.8) is 0 Å². The molecule has 1 aromatic carbocycles. The summed E-state index contributed by atoms with van der Waals surface area (Å²) in [5, 5.41) is 0. The first-order valence-electron chi connectivity index (χ1n) is 4.51. The largest absolute Gasteiger partial charge is 0.452 e. The van der Waals surface area contributed by atoms with E-state index in [-0.39, 0.29) is 5.97 Å². The molecule has 0 saturated heterocycles. The number of cyclic esters (lactones) is 1. The average molecular weight is 192 g/mol. The van der Waals surface area contributed by atoms with Gasteiger partial charge in [-0.25, -0.2) is 4.79 Å². The zero-order valence-electron chi connectivity index (χ0n) is 8.46. The van der Waals surface area contributed by atoms with Crippen LogP contribution in [0, 0.1) is 6.92 Å². The Balaban J connectivity index is 2.56. The van der Waals surface area contributed by atoms with Crippen molar-refractivity contribution in [3.8, 4) is 5.75 Å². The molecule has 3 heteroatoms. The van der Waals surface area contributed by atoms with Crippen molar-refractivity contribution >= 4 is 5.97 Å². The van der Waals surface area contributed by atoms with Gasteiger partial charge in [0.25, 0.3) is 0 Å². The van der Waals surface area contributed by atoms with Crippen molar-refractivity contribution in [2.45, 2.75) is 26.6 Å². The number of aryl methyl sites for hydroxylation is 1. The Kier molecular flexibility index (Phi) is 1.77. The van der Waals surface area contributed by atoms with E-state index in [0.717, 1.165) is 5.56 Å².